The van der Waals surface area contributed by atoms with Gasteiger partial charge in [-0.05, 0) is 30.4 Å². The lowest BCUT2D eigenvalue weighted by molar-refractivity contribution is -0.0502. The summed E-state index contributed by atoms with van der Waals surface area (Å²) in [5.41, 5.74) is 0.199. The number of ether oxygens (including phenoxy) is 2. The van der Waals surface area contributed by atoms with E-state index >= 15 is 0 Å². The van der Waals surface area contributed by atoms with Crippen molar-refractivity contribution in [2.45, 2.75) is 32.8 Å². The Labute approximate surface area is 122 Å². The predicted molar refractivity (Wildman–Crippen MR) is 73.9 cm³/mol. The molecule has 4 nitrogen and oxygen atoms in total. The van der Waals surface area contributed by atoms with Crippen molar-refractivity contribution >= 4 is 5.91 Å². The summed E-state index contributed by atoms with van der Waals surface area (Å²) in [7, 11) is 1.42. The van der Waals surface area contributed by atoms with Gasteiger partial charge in [-0.2, -0.15) is 8.78 Å². The maximum Gasteiger partial charge on any atom is 0.387 e. The van der Waals surface area contributed by atoms with Gasteiger partial charge < -0.3 is 14.8 Å². The molecule has 1 aliphatic carbocycles. The number of nitrogens with one attached hydrogen (secondary N) is 1. The van der Waals surface area contributed by atoms with Crippen molar-refractivity contribution < 1.29 is 23.0 Å². The quantitative estimate of drug-likeness (QED) is 0.877. The highest BCUT2D eigenvalue weighted by molar-refractivity contribution is 5.97. The van der Waals surface area contributed by atoms with Crippen LogP contribution in [0.2, 0.25) is 0 Å². The molecule has 0 heterocycles. The van der Waals surface area contributed by atoms with Gasteiger partial charge in [-0.3, -0.25) is 4.79 Å². The van der Waals surface area contributed by atoms with Gasteiger partial charge in [0.05, 0.1) is 12.7 Å². The summed E-state index contributed by atoms with van der Waals surface area (Å²) in [5.74, 6) is -0.241. The Balaban J connectivity index is 2.10. The smallest absolute Gasteiger partial charge is 0.387 e. The molecule has 2 rings (SSSR count). The van der Waals surface area contributed by atoms with Crippen LogP contribution in [-0.2, 0) is 0 Å². The second kappa shape index (κ2) is 6.28. The molecular weight excluding hydrogens is 280 g/mol. The highest BCUT2D eigenvalue weighted by Gasteiger charge is 2.32. The second-order valence-electron chi connectivity index (χ2n) is 5.59. The van der Waals surface area contributed by atoms with E-state index in [1.165, 1.54) is 25.3 Å². The minimum absolute atomic E-state index is 0.0824. The minimum Gasteiger partial charge on any atom is -0.497 e. The van der Waals surface area contributed by atoms with Crippen LogP contribution in [0.25, 0.3) is 0 Å². The van der Waals surface area contributed by atoms with E-state index < -0.39 is 12.5 Å². The second-order valence-corrected chi connectivity index (χ2v) is 5.59. The zero-order valence-corrected chi connectivity index (χ0v) is 12.1. The summed E-state index contributed by atoms with van der Waals surface area (Å²) in [6.45, 7) is -0.360. The van der Waals surface area contributed by atoms with Crippen LogP contribution in [0.4, 0.5) is 8.78 Å². The van der Waals surface area contributed by atoms with E-state index in [4.69, 9.17) is 4.74 Å². The third kappa shape index (κ3) is 3.83. The lowest BCUT2D eigenvalue weighted by Gasteiger charge is -2.38. The van der Waals surface area contributed by atoms with Crippen LogP contribution in [-0.4, -0.2) is 26.2 Å². The summed E-state index contributed by atoms with van der Waals surface area (Å²) >= 11 is 0. The van der Waals surface area contributed by atoms with Gasteiger partial charge in [0.2, 0.25) is 0 Å². The zero-order valence-electron chi connectivity index (χ0n) is 12.1. The van der Waals surface area contributed by atoms with Gasteiger partial charge in [0.15, 0.2) is 0 Å². The molecule has 1 aliphatic rings. The van der Waals surface area contributed by atoms with Gasteiger partial charge in [-0.25, -0.2) is 0 Å². The predicted octanol–water partition coefficient (Wildman–Crippen LogP) is 3.22. The van der Waals surface area contributed by atoms with Gasteiger partial charge >= 0.3 is 6.61 Å². The molecule has 116 valence electrons. The van der Waals surface area contributed by atoms with Crippen molar-refractivity contribution in [3.05, 3.63) is 23.8 Å². The third-order valence-electron chi connectivity index (χ3n) is 3.89. The Morgan fingerprint density at radius 3 is 2.67 bits per heavy atom. The Bertz CT molecular complexity index is 516. The van der Waals surface area contributed by atoms with Crippen molar-refractivity contribution in [3.63, 3.8) is 0 Å². The summed E-state index contributed by atoms with van der Waals surface area (Å²) < 4.78 is 34.2. The number of rotatable bonds is 6. The van der Waals surface area contributed by atoms with E-state index in [0.29, 0.717) is 12.3 Å². The number of hydrogen-bond acceptors (Lipinski definition) is 3. The fourth-order valence-electron chi connectivity index (χ4n) is 2.36. The highest BCUT2D eigenvalue weighted by atomic mass is 19.3. The van der Waals surface area contributed by atoms with E-state index in [-0.39, 0.29) is 16.7 Å². The summed E-state index contributed by atoms with van der Waals surface area (Å²) in [4.78, 5) is 12.2. The molecular formula is C15H19F2NO3. The van der Waals surface area contributed by atoms with Crippen LogP contribution >= 0.6 is 0 Å². The largest absolute Gasteiger partial charge is 0.497 e. The average molecular weight is 299 g/mol. The third-order valence-corrected chi connectivity index (χ3v) is 3.89. The molecule has 1 aromatic carbocycles. The molecule has 0 saturated heterocycles. The molecule has 1 N–H and O–H groups in total. The molecule has 0 spiro atoms. The number of carbonyl (C=O) groups excluding carboxylic acids is 1. The van der Waals surface area contributed by atoms with Crippen LogP contribution in [0.3, 0.4) is 0 Å². The van der Waals surface area contributed by atoms with Crippen LogP contribution in [0, 0.1) is 5.41 Å². The molecule has 0 aliphatic heterocycles. The molecule has 1 saturated carbocycles. The molecule has 1 amide bonds. The van der Waals surface area contributed by atoms with Crippen LogP contribution < -0.4 is 14.8 Å². The van der Waals surface area contributed by atoms with Crippen LogP contribution in [0.5, 0.6) is 11.5 Å². The van der Waals surface area contributed by atoms with Crippen LogP contribution in [0.1, 0.15) is 36.5 Å². The average Bonchev–Trinajstić information content (AvgIpc) is 2.42. The molecule has 0 radical (unpaired) electrons. The molecule has 0 atom stereocenters. The van der Waals surface area contributed by atoms with E-state index in [1.54, 1.807) is 0 Å². The first-order valence-corrected chi connectivity index (χ1v) is 6.85. The van der Waals surface area contributed by atoms with Crippen molar-refractivity contribution in [1.82, 2.24) is 5.32 Å². The van der Waals surface area contributed by atoms with Gasteiger partial charge in [0.1, 0.15) is 11.5 Å². The van der Waals surface area contributed by atoms with Crippen molar-refractivity contribution in [1.29, 1.82) is 0 Å². The van der Waals surface area contributed by atoms with E-state index in [2.05, 4.69) is 17.0 Å². The van der Waals surface area contributed by atoms with Crippen molar-refractivity contribution in [3.8, 4) is 11.5 Å². The number of alkyl halides is 2. The van der Waals surface area contributed by atoms with Crippen LogP contribution in [0.15, 0.2) is 18.2 Å². The Morgan fingerprint density at radius 1 is 1.43 bits per heavy atom. The Hall–Kier alpha value is -1.85. The standard InChI is InChI=1S/C15H19F2NO3/c1-15(6-3-7-15)9-18-13(19)11-5-4-10(20-2)8-12(11)21-14(16)17/h4-5,8,14H,3,6-7,9H2,1-2H3,(H,18,19). The molecule has 0 unspecified atom stereocenters. The number of hydrogen-bond donors (Lipinski definition) is 1. The monoisotopic (exact) mass is 299 g/mol. The van der Waals surface area contributed by atoms with Gasteiger partial charge in [0.25, 0.3) is 5.91 Å². The number of methoxy groups -OCH3 is 1. The topological polar surface area (TPSA) is 47.6 Å². The molecule has 0 aromatic heterocycles. The van der Waals surface area contributed by atoms with E-state index in [9.17, 15) is 13.6 Å². The fourth-order valence-corrected chi connectivity index (χ4v) is 2.36. The molecule has 21 heavy (non-hydrogen) atoms. The van der Waals surface area contributed by atoms with E-state index in [1.807, 2.05) is 0 Å². The lowest BCUT2D eigenvalue weighted by Crippen LogP contribution is -2.40. The molecule has 1 aromatic rings. The van der Waals surface area contributed by atoms with Crippen molar-refractivity contribution in [2.75, 3.05) is 13.7 Å². The normalized spacial score (nSPS) is 16.2. The summed E-state index contributed by atoms with van der Waals surface area (Å²) in [6, 6.07) is 4.25. The molecule has 6 heteroatoms. The number of carbonyl (C=O) groups is 1. The number of benzene rings is 1. The number of halogens is 2. The first-order chi connectivity index (χ1) is 9.93. The van der Waals surface area contributed by atoms with Gasteiger partial charge in [-0.1, -0.05) is 13.3 Å². The van der Waals surface area contributed by atoms with Gasteiger partial charge in [-0.15, -0.1) is 0 Å². The number of amides is 1. The zero-order chi connectivity index (χ0) is 15.5. The first kappa shape index (κ1) is 15.5. The SMILES string of the molecule is COc1ccc(C(=O)NCC2(C)CCC2)c(OC(F)F)c1. The van der Waals surface area contributed by atoms with E-state index in [0.717, 1.165) is 19.3 Å². The molecule has 0 bridgehead atoms. The Kier molecular flexibility index (Phi) is 4.65. The first-order valence-electron chi connectivity index (χ1n) is 6.85. The minimum atomic E-state index is -2.99. The highest BCUT2D eigenvalue weighted by Crippen LogP contribution is 2.39. The van der Waals surface area contributed by atoms with Crippen molar-refractivity contribution in [2.24, 2.45) is 5.41 Å². The summed E-state index contributed by atoms with van der Waals surface area (Å²) in [6.07, 6.45) is 3.29. The fraction of sp³-hybridized carbons (Fsp3) is 0.533. The maximum atomic E-state index is 12.4. The van der Waals surface area contributed by atoms with Gasteiger partial charge in [0, 0.05) is 12.6 Å². The maximum absolute atomic E-state index is 12.4. The molecule has 1 fully saturated rings. The summed E-state index contributed by atoms with van der Waals surface area (Å²) in [5, 5.41) is 2.79. The Morgan fingerprint density at radius 2 is 2.14 bits per heavy atom. The lowest BCUT2D eigenvalue weighted by atomic mass is 9.70.